The van der Waals surface area contributed by atoms with Crippen LogP contribution in [0.3, 0.4) is 0 Å². The van der Waals surface area contributed by atoms with Crippen molar-refractivity contribution in [3.63, 3.8) is 0 Å². The Morgan fingerprint density at radius 3 is 2.46 bits per heavy atom. The van der Waals surface area contributed by atoms with Crippen LogP contribution in [0.4, 0.5) is 0 Å². The number of carbonyl (C=O) groups excluding carboxylic acids is 1. The van der Waals surface area contributed by atoms with Crippen molar-refractivity contribution in [1.29, 1.82) is 0 Å². The van der Waals surface area contributed by atoms with Crippen molar-refractivity contribution in [2.75, 3.05) is 0 Å². The van der Waals surface area contributed by atoms with Gasteiger partial charge in [-0.05, 0) is 57.0 Å². The van der Waals surface area contributed by atoms with E-state index in [1.165, 1.54) is 5.56 Å². The van der Waals surface area contributed by atoms with E-state index in [1.54, 1.807) is 0 Å². The quantitative estimate of drug-likeness (QED) is 0.746. The van der Waals surface area contributed by atoms with Crippen molar-refractivity contribution < 1.29 is 4.79 Å². The maximum absolute atomic E-state index is 12.6. The van der Waals surface area contributed by atoms with Gasteiger partial charge in [-0.1, -0.05) is 42.0 Å². The summed E-state index contributed by atoms with van der Waals surface area (Å²) in [6.07, 6.45) is 0. The molecule has 0 aliphatic heterocycles. The van der Waals surface area contributed by atoms with Gasteiger partial charge in [-0.25, -0.2) is 0 Å². The summed E-state index contributed by atoms with van der Waals surface area (Å²) < 4.78 is 1.96. The molecule has 0 saturated heterocycles. The Morgan fingerprint density at radius 1 is 1.08 bits per heavy atom. The fourth-order valence-electron chi connectivity index (χ4n) is 3.04. The minimum absolute atomic E-state index is 0.0391. The van der Waals surface area contributed by atoms with Crippen molar-refractivity contribution >= 4 is 5.91 Å². The first-order valence-corrected chi connectivity index (χ1v) is 8.90. The van der Waals surface area contributed by atoms with Gasteiger partial charge in [0, 0.05) is 11.3 Å². The molecule has 1 aromatic heterocycles. The van der Waals surface area contributed by atoms with Crippen LogP contribution in [0.2, 0.25) is 0 Å². The minimum atomic E-state index is -0.0618. The van der Waals surface area contributed by atoms with Gasteiger partial charge >= 0.3 is 0 Å². The molecular weight excluding hydrogens is 322 g/mol. The molecule has 0 aliphatic carbocycles. The number of hydrogen-bond acceptors (Lipinski definition) is 2. The minimum Gasteiger partial charge on any atom is -0.346 e. The van der Waals surface area contributed by atoms with Gasteiger partial charge in [-0.2, -0.15) is 5.10 Å². The lowest BCUT2D eigenvalue weighted by atomic mass is 10.1. The molecule has 3 aromatic rings. The standard InChI is InChI=1S/C22H25N3O/c1-15-8-10-20(11-9-15)18(4)23-22(26)21-7-5-6-19(13-21)14-25-17(3)12-16(2)24-25/h5-13,18H,14H2,1-4H3,(H,23,26). The third-order valence-electron chi connectivity index (χ3n) is 4.55. The van der Waals surface area contributed by atoms with E-state index in [-0.39, 0.29) is 11.9 Å². The van der Waals surface area contributed by atoms with Crippen LogP contribution in [0, 0.1) is 20.8 Å². The van der Waals surface area contributed by atoms with Gasteiger partial charge < -0.3 is 5.32 Å². The summed E-state index contributed by atoms with van der Waals surface area (Å²) in [5.41, 5.74) is 6.16. The van der Waals surface area contributed by atoms with Crippen LogP contribution in [-0.4, -0.2) is 15.7 Å². The molecule has 1 amide bonds. The van der Waals surface area contributed by atoms with Crippen LogP contribution in [-0.2, 0) is 6.54 Å². The Balaban J connectivity index is 1.71. The fourth-order valence-corrected chi connectivity index (χ4v) is 3.04. The van der Waals surface area contributed by atoms with Gasteiger partial charge in [-0.3, -0.25) is 9.48 Å². The fraction of sp³-hybridized carbons (Fsp3) is 0.273. The third-order valence-corrected chi connectivity index (χ3v) is 4.55. The molecule has 1 heterocycles. The monoisotopic (exact) mass is 347 g/mol. The molecule has 3 rings (SSSR count). The summed E-state index contributed by atoms with van der Waals surface area (Å²) in [5, 5.41) is 7.57. The first-order valence-electron chi connectivity index (χ1n) is 8.90. The number of amides is 1. The Hall–Kier alpha value is -2.88. The van der Waals surface area contributed by atoms with Gasteiger partial charge in [0.05, 0.1) is 18.3 Å². The zero-order valence-electron chi connectivity index (χ0n) is 15.8. The number of carbonyl (C=O) groups is 1. The topological polar surface area (TPSA) is 46.9 Å². The second-order valence-electron chi connectivity index (χ2n) is 6.89. The van der Waals surface area contributed by atoms with Crippen molar-refractivity contribution in [2.45, 2.75) is 40.3 Å². The van der Waals surface area contributed by atoms with Crippen LogP contribution in [0.25, 0.3) is 0 Å². The largest absolute Gasteiger partial charge is 0.346 e. The average Bonchev–Trinajstić information content (AvgIpc) is 2.92. The van der Waals surface area contributed by atoms with E-state index in [0.29, 0.717) is 12.1 Å². The highest BCUT2D eigenvalue weighted by molar-refractivity contribution is 5.94. The Morgan fingerprint density at radius 2 is 1.81 bits per heavy atom. The van der Waals surface area contributed by atoms with E-state index in [0.717, 1.165) is 22.5 Å². The molecule has 4 nitrogen and oxygen atoms in total. The highest BCUT2D eigenvalue weighted by atomic mass is 16.1. The molecular formula is C22H25N3O. The Labute approximate surface area is 154 Å². The molecule has 1 atom stereocenters. The second kappa shape index (κ2) is 7.56. The summed E-state index contributed by atoms with van der Waals surface area (Å²) in [6.45, 7) is 8.75. The van der Waals surface area contributed by atoms with Crippen LogP contribution in [0.5, 0.6) is 0 Å². The van der Waals surface area contributed by atoms with Gasteiger partial charge in [0.2, 0.25) is 0 Å². The van der Waals surface area contributed by atoms with Crippen LogP contribution in [0.15, 0.2) is 54.6 Å². The van der Waals surface area contributed by atoms with Crippen LogP contribution in [0.1, 0.15) is 51.4 Å². The van der Waals surface area contributed by atoms with E-state index >= 15 is 0 Å². The number of nitrogens with zero attached hydrogens (tertiary/aromatic N) is 2. The number of aryl methyl sites for hydroxylation is 3. The number of aromatic nitrogens is 2. The molecule has 26 heavy (non-hydrogen) atoms. The van der Waals surface area contributed by atoms with Gasteiger partial charge in [-0.15, -0.1) is 0 Å². The van der Waals surface area contributed by atoms with E-state index in [2.05, 4.69) is 47.7 Å². The summed E-state index contributed by atoms with van der Waals surface area (Å²) in [7, 11) is 0. The average molecular weight is 347 g/mol. The van der Waals surface area contributed by atoms with E-state index in [9.17, 15) is 4.79 Å². The van der Waals surface area contributed by atoms with E-state index in [4.69, 9.17) is 0 Å². The van der Waals surface area contributed by atoms with Crippen molar-refractivity contribution in [3.8, 4) is 0 Å². The van der Waals surface area contributed by atoms with Crippen molar-refractivity contribution in [1.82, 2.24) is 15.1 Å². The lowest BCUT2D eigenvalue weighted by Gasteiger charge is -2.15. The SMILES string of the molecule is Cc1ccc(C(C)NC(=O)c2cccc(Cn3nc(C)cc3C)c2)cc1. The molecule has 1 N–H and O–H groups in total. The number of hydrogen-bond donors (Lipinski definition) is 1. The smallest absolute Gasteiger partial charge is 0.251 e. The zero-order valence-corrected chi connectivity index (χ0v) is 15.8. The molecule has 0 radical (unpaired) electrons. The van der Waals surface area contributed by atoms with E-state index in [1.807, 2.05) is 49.7 Å². The molecule has 0 aliphatic rings. The third kappa shape index (κ3) is 4.20. The summed E-state index contributed by atoms with van der Waals surface area (Å²) in [6, 6.07) is 18.0. The molecule has 0 fully saturated rings. The lowest BCUT2D eigenvalue weighted by molar-refractivity contribution is 0.0940. The first kappa shape index (κ1) is 17.9. The number of rotatable bonds is 5. The van der Waals surface area contributed by atoms with Gasteiger partial charge in [0.15, 0.2) is 0 Å². The Bertz CT molecular complexity index is 909. The summed E-state index contributed by atoms with van der Waals surface area (Å²) >= 11 is 0. The van der Waals surface area contributed by atoms with Gasteiger partial charge in [0.1, 0.15) is 0 Å². The van der Waals surface area contributed by atoms with E-state index < -0.39 is 0 Å². The predicted octanol–water partition coefficient (Wildman–Crippen LogP) is 4.35. The molecule has 134 valence electrons. The number of benzene rings is 2. The molecule has 1 unspecified atom stereocenters. The highest BCUT2D eigenvalue weighted by Crippen LogP contribution is 2.15. The first-order chi connectivity index (χ1) is 12.4. The molecule has 0 saturated carbocycles. The maximum Gasteiger partial charge on any atom is 0.251 e. The van der Waals surface area contributed by atoms with Crippen molar-refractivity contribution in [2.24, 2.45) is 0 Å². The Kier molecular flexibility index (Phi) is 5.21. The van der Waals surface area contributed by atoms with Crippen molar-refractivity contribution in [3.05, 3.63) is 88.2 Å². The van der Waals surface area contributed by atoms with Crippen LogP contribution < -0.4 is 5.32 Å². The molecule has 0 bridgehead atoms. The lowest BCUT2D eigenvalue weighted by Crippen LogP contribution is -2.26. The summed E-state index contributed by atoms with van der Waals surface area (Å²) in [5.74, 6) is -0.0618. The molecule has 4 heteroatoms. The predicted molar refractivity (Wildman–Crippen MR) is 104 cm³/mol. The number of nitrogens with one attached hydrogen (secondary N) is 1. The second-order valence-corrected chi connectivity index (χ2v) is 6.89. The molecule has 0 spiro atoms. The van der Waals surface area contributed by atoms with Crippen LogP contribution >= 0.6 is 0 Å². The summed E-state index contributed by atoms with van der Waals surface area (Å²) in [4.78, 5) is 12.6. The highest BCUT2D eigenvalue weighted by Gasteiger charge is 2.12. The zero-order chi connectivity index (χ0) is 18.7. The molecule has 2 aromatic carbocycles. The normalized spacial score (nSPS) is 12.0. The maximum atomic E-state index is 12.6. The van der Waals surface area contributed by atoms with Gasteiger partial charge in [0.25, 0.3) is 5.91 Å².